The molecule has 3 aliphatic rings. The molecule has 0 amide bonds. The van der Waals surface area contributed by atoms with Gasteiger partial charge in [0.1, 0.15) is 11.6 Å². The predicted octanol–water partition coefficient (Wildman–Crippen LogP) is 7.02. The van der Waals surface area contributed by atoms with Gasteiger partial charge in [-0.3, -0.25) is 9.59 Å². The van der Waals surface area contributed by atoms with Crippen LogP contribution in [-0.4, -0.2) is 17.4 Å². The van der Waals surface area contributed by atoms with Crippen molar-refractivity contribution < 1.29 is 9.59 Å². The van der Waals surface area contributed by atoms with Crippen LogP contribution in [0.1, 0.15) is 80.1 Å². The summed E-state index contributed by atoms with van der Waals surface area (Å²) in [4.78, 5) is 24.2. The normalized spacial score (nSPS) is 32.2. The van der Waals surface area contributed by atoms with E-state index in [0.29, 0.717) is 41.6 Å². The molecule has 0 saturated heterocycles. The molecule has 0 radical (unpaired) electrons. The monoisotopic (exact) mass is 420 g/mol. The standard InChI is InChI=1S/C13H21ClO.C13H20O/c1-10-6-4-8-13(2,3)12(10)11(15)7-5-9-14;1-9-5-4-8-13(2,3)11(9)12(14)10-6-7-10/h4,6,10,12H,5,7-9H2,1-3H3;4-5,9-11H,6-8H2,1-3H3. The maximum absolute atomic E-state index is 12.2. The largest absolute Gasteiger partial charge is 0.299 e. The van der Waals surface area contributed by atoms with E-state index in [0.717, 1.165) is 32.1 Å². The molecule has 3 aliphatic carbocycles. The number of Topliss-reactive ketones (excluding diaryl/α,β-unsaturated/α-hetero) is 2. The smallest absolute Gasteiger partial charge is 0.140 e. The molecule has 0 aliphatic heterocycles. The van der Waals surface area contributed by atoms with Crippen LogP contribution >= 0.6 is 11.6 Å². The number of alkyl halides is 1. The fraction of sp³-hybridized carbons (Fsp3) is 0.769. The summed E-state index contributed by atoms with van der Waals surface area (Å²) < 4.78 is 0. The van der Waals surface area contributed by atoms with Crippen molar-refractivity contribution in [3.8, 4) is 0 Å². The van der Waals surface area contributed by atoms with E-state index in [1.54, 1.807) is 0 Å². The van der Waals surface area contributed by atoms with E-state index in [9.17, 15) is 9.59 Å². The first kappa shape index (κ1) is 24.4. The predicted molar refractivity (Wildman–Crippen MR) is 123 cm³/mol. The van der Waals surface area contributed by atoms with Crippen LogP contribution in [0.25, 0.3) is 0 Å². The Hall–Kier alpha value is -0.890. The van der Waals surface area contributed by atoms with Gasteiger partial charge in [-0.1, -0.05) is 65.8 Å². The lowest BCUT2D eigenvalue weighted by molar-refractivity contribution is -0.129. The van der Waals surface area contributed by atoms with Crippen molar-refractivity contribution in [2.24, 2.45) is 40.4 Å². The van der Waals surface area contributed by atoms with Gasteiger partial charge in [-0.05, 0) is 54.8 Å². The van der Waals surface area contributed by atoms with Gasteiger partial charge in [0.15, 0.2) is 0 Å². The molecular weight excluding hydrogens is 380 g/mol. The SMILES string of the molecule is CC1C=CCC(C)(C)C1C(=O)C1CC1.CC1C=CCC(C)(C)C1C(=O)CCCCl. The van der Waals surface area contributed by atoms with E-state index in [-0.39, 0.29) is 22.7 Å². The molecule has 0 bridgehead atoms. The van der Waals surface area contributed by atoms with Crippen molar-refractivity contribution in [1.29, 1.82) is 0 Å². The summed E-state index contributed by atoms with van der Waals surface area (Å²) in [6.07, 6.45) is 14.6. The molecule has 29 heavy (non-hydrogen) atoms. The molecule has 164 valence electrons. The molecule has 0 N–H and O–H groups in total. The van der Waals surface area contributed by atoms with Gasteiger partial charge in [0.2, 0.25) is 0 Å². The number of ketones is 2. The summed E-state index contributed by atoms with van der Waals surface area (Å²) in [7, 11) is 0. The Labute approximate surface area is 183 Å². The van der Waals surface area contributed by atoms with Gasteiger partial charge >= 0.3 is 0 Å². The average Bonchev–Trinajstić information content (AvgIpc) is 3.43. The Morgan fingerprint density at radius 3 is 1.79 bits per heavy atom. The van der Waals surface area contributed by atoms with Gasteiger partial charge in [-0.2, -0.15) is 0 Å². The van der Waals surface area contributed by atoms with E-state index in [4.69, 9.17) is 11.6 Å². The van der Waals surface area contributed by atoms with Crippen LogP contribution in [0.4, 0.5) is 0 Å². The molecule has 3 rings (SSSR count). The van der Waals surface area contributed by atoms with Crippen LogP contribution in [0.2, 0.25) is 0 Å². The third-order valence-corrected chi connectivity index (χ3v) is 7.36. The quantitative estimate of drug-likeness (QED) is 0.341. The molecule has 0 spiro atoms. The molecule has 0 aromatic rings. The Kier molecular flexibility index (Phi) is 8.36. The second-order valence-corrected chi connectivity index (χ2v) is 11.2. The minimum absolute atomic E-state index is 0.109. The first-order valence-corrected chi connectivity index (χ1v) is 12.0. The van der Waals surface area contributed by atoms with E-state index < -0.39 is 0 Å². The highest BCUT2D eigenvalue weighted by Gasteiger charge is 2.44. The number of rotatable bonds is 6. The second-order valence-electron chi connectivity index (χ2n) is 10.9. The fourth-order valence-corrected chi connectivity index (χ4v) is 5.60. The van der Waals surface area contributed by atoms with Gasteiger partial charge in [-0.15, -0.1) is 11.6 Å². The highest BCUT2D eigenvalue weighted by atomic mass is 35.5. The lowest BCUT2D eigenvalue weighted by Gasteiger charge is -2.38. The first-order chi connectivity index (χ1) is 13.5. The minimum atomic E-state index is 0.109. The summed E-state index contributed by atoms with van der Waals surface area (Å²) in [6.45, 7) is 13.2. The minimum Gasteiger partial charge on any atom is -0.299 e. The number of carbonyl (C=O) groups is 2. The number of allylic oxidation sites excluding steroid dienone is 4. The summed E-state index contributed by atoms with van der Waals surface area (Å²) in [6, 6.07) is 0. The van der Waals surface area contributed by atoms with Gasteiger partial charge in [-0.25, -0.2) is 0 Å². The highest BCUT2D eigenvalue weighted by Crippen LogP contribution is 2.46. The third-order valence-electron chi connectivity index (χ3n) is 7.09. The van der Waals surface area contributed by atoms with E-state index in [2.05, 4.69) is 65.8 Å². The molecule has 1 saturated carbocycles. The van der Waals surface area contributed by atoms with Crippen molar-refractivity contribution in [2.45, 2.75) is 80.1 Å². The van der Waals surface area contributed by atoms with Gasteiger partial charge in [0.25, 0.3) is 0 Å². The molecule has 0 aromatic carbocycles. The molecule has 4 atom stereocenters. The van der Waals surface area contributed by atoms with Crippen LogP contribution in [0.5, 0.6) is 0 Å². The fourth-order valence-electron chi connectivity index (χ4n) is 5.46. The first-order valence-electron chi connectivity index (χ1n) is 11.5. The summed E-state index contributed by atoms with van der Waals surface area (Å²) in [5.74, 6) is 3.16. The summed E-state index contributed by atoms with van der Waals surface area (Å²) in [5.41, 5.74) is 0.283. The van der Waals surface area contributed by atoms with Gasteiger partial charge in [0.05, 0.1) is 0 Å². The van der Waals surface area contributed by atoms with Crippen molar-refractivity contribution >= 4 is 23.2 Å². The van der Waals surface area contributed by atoms with Crippen molar-refractivity contribution in [3.63, 3.8) is 0 Å². The van der Waals surface area contributed by atoms with Crippen LogP contribution in [0.15, 0.2) is 24.3 Å². The zero-order chi connectivity index (χ0) is 21.8. The van der Waals surface area contributed by atoms with Crippen LogP contribution < -0.4 is 0 Å². The molecule has 0 heterocycles. The Balaban J connectivity index is 0.000000207. The average molecular weight is 421 g/mol. The Bertz CT molecular complexity index is 639. The van der Waals surface area contributed by atoms with Crippen molar-refractivity contribution in [2.75, 3.05) is 5.88 Å². The van der Waals surface area contributed by atoms with Crippen molar-refractivity contribution in [3.05, 3.63) is 24.3 Å². The van der Waals surface area contributed by atoms with Crippen LogP contribution in [-0.2, 0) is 9.59 Å². The maximum Gasteiger partial charge on any atom is 0.140 e. The number of hydrogen-bond acceptors (Lipinski definition) is 2. The van der Waals surface area contributed by atoms with Gasteiger partial charge in [0, 0.05) is 30.1 Å². The second kappa shape index (κ2) is 9.94. The molecule has 1 fully saturated rings. The topological polar surface area (TPSA) is 34.1 Å². The lowest BCUT2D eigenvalue weighted by Crippen LogP contribution is -2.38. The Morgan fingerprint density at radius 2 is 1.38 bits per heavy atom. The zero-order valence-electron chi connectivity index (χ0n) is 19.3. The molecular formula is C26H41ClO2. The third kappa shape index (κ3) is 6.29. The van der Waals surface area contributed by atoms with Crippen molar-refractivity contribution in [1.82, 2.24) is 0 Å². The van der Waals surface area contributed by atoms with Crippen LogP contribution in [0, 0.1) is 40.4 Å². The maximum atomic E-state index is 12.2. The molecule has 4 unspecified atom stereocenters. The highest BCUT2D eigenvalue weighted by molar-refractivity contribution is 6.17. The molecule has 0 aromatic heterocycles. The Morgan fingerprint density at radius 1 is 0.897 bits per heavy atom. The summed E-state index contributed by atoms with van der Waals surface area (Å²) >= 11 is 5.63. The number of carbonyl (C=O) groups excluding carboxylic acids is 2. The number of hydrogen-bond donors (Lipinski definition) is 0. The lowest BCUT2D eigenvalue weighted by atomic mass is 9.64. The molecule has 3 heteroatoms. The molecule has 2 nitrogen and oxygen atoms in total. The van der Waals surface area contributed by atoms with Crippen LogP contribution in [0.3, 0.4) is 0 Å². The van der Waals surface area contributed by atoms with E-state index in [1.165, 1.54) is 0 Å². The summed E-state index contributed by atoms with van der Waals surface area (Å²) in [5, 5.41) is 0. The zero-order valence-corrected chi connectivity index (χ0v) is 20.1. The van der Waals surface area contributed by atoms with E-state index >= 15 is 0 Å². The number of halogens is 1. The van der Waals surface area contributed by atoms with E-state index in [1.807, 2.05) is 0 Å². The van der Waals surface area contributed by atoms with Gasteiger partial charge < -0.3 is 0 Å².